The summed E-state index contributed by atoms with van der Waals surface area (Å²) >= 11 is 0. The van der Waals surface area contributed by atoms with E-state index in [4.69, 9.17) is 0 Å². The van der Waals surface area contributed by atoms with Crippen molar-refractivity contribution in [1.29, 1.82) is 0 Å². The summed E-state index contributed by atoms with van der Waals surface area (Å²) in [5.41, 5.74) is 2.77. The molecule has 0 aliphatic carbocycles. The van der Waals surface area contributed by atoms with Crippen LogP contribution in [0.25, 0.3) is 11.1 Å². The van der Waals surface area contributed by atoms with Crippen molar-refractivity contribution < 1.29 is 14.7 Å². The number of nitrogens with zero attached hydrogens (tertiary/aromatic N) is 1. The van der Waals surface area contributed by atoms with Gasteiger partial charge in [-0.05, 0) is 35.6 Å². The first-order chi connectivity index (χ1) is 10.6. The predicted octanol–water partition coefficient (Wildman–Crippen LogP) is 3.67. The first-order valence-electron chi connectivity index (χ1n) is 6.89. The summed E-state index contributed by atoms with van der Waals surface area (Å²) < 4.78 is 0. The first-order valence-corrected chi connectivity index (χ1v) is 6.89. The molecule has 0 saturated heterocycles. The fourth-order valence-corrected chi connectivity index (χ4v) is 2.30. The molecule has 0 heterocycles. The second-order valence-corrected chi connectivity index (χ2v) is 4.88. The average molecular weight is 297 g/mol. The van der Waals surface area contributed by atoms with Crippen molar-refractivity contribution in [3.8, 4) is 11.1 Å². The Morgan fingerprint density at radius 1 is 1.00 bits per heavy atom. The van der Waals surface area contributed by atoms with Crippen LogP contribution in [0.4, 0.5) is 0 Å². The third kappa shape index (κ3) is 3.85. The van der Waals surface area contributed by atoms with E-state index in [1.807, 2.05) is 36.4 Å². The molecule has 2 rings (SSSR count). The number of hydrogen-bond donors (Lipinski definition) is 1. The molecule has 22 heavy (non-hydrogen) atoms. The highest BCUT2D eigenvalue weighted by molar-refractivity contribution is 5.90. The van der Waals surface area contributed by atoms with E-state index >= 15 is 0 Å². The maximum Gasteiger partial charge on any atom is 0.335 e. The number of benzene rings is 2. The van der Waals surface area contributed by atoms with Crippen LogP contribution in [-0.2, 0) is 11.2 Å². The van der Waals surface area contributed by atoms with Gasteiger partial charge >= 0.3 is 5.97 Å². The molecular weight excluding hydrogens is 282 g/mol. The van der Waals surface area contributed by atoms with Gasteiger partial charge in [0.25, 0.3) is 5.91 Å². The minimum absolute atomic E-state index is 0.0259. The number of aromatic carboxylic acids is 1. The van der Waals surface area contributed by atoms with Crippen molar-refractivity contribution in [1.82, 2.24) is 0 Å². The summed E-state index contributed by atoms with van der Waals surface area (Å²) in [7, 11) is 0. The second-order valence-electron chi connectivity index (χ2n) is 4.88. The summed E-state index contributed by atoms with van der Waals surface area (Å²) in [6, 6.07) is 14.8. The minimum Gasteiger partial charge on any atom is -0.478 e. The SMILES string of the molecule is O=NC(=O)CCCc1cc(-c2ccccc2)ccc1C(=O)O. The third-order valence-electron chi connectivity index (χ3n) is 3.38. The molecule has 5 nitrogen and oxygen atoms in total. The Morgan fingerprint density at radius 2 is 1.73 bits per heavy atom. The van der Waals surface area contributed by atoms with E-state index in [1.165, 1.54) is 0 Å². The zero-order chi connectivity index (χ0) is 15.9. The van der Waals surface area contributed by atoms with Crippen molar-refractivity contribution in [2.45, 2.75) is 19.3 Å². The Bertz CT molecular complexity index is 695. The van der Waals surface area contributed by atoms with Crippen LogP contribution in [0.1, 0.15) is 28.8 Å². The van der Waals surface area contributed by atoms with Gasteiger partial charge in [-0.25, -0.2) is 4.79 Å². The molecule has 0 fully saturated rings. The number of aryl methyl sites for hydroxylation is 1. The minimum atomic E-state index is -1.01. The van der Waals surface area contributed by atoms with E-state index in [9.17, 15) is 19.6 Å². The lowest BCUT2D eigenvalue weighted by atomic mass is 9.96. The third-order valence-corrected chi connectivity index (χ3v) is 3.38. The number of nitroso groups, excluding NO2 is 1. The van der Waals surface area contributed by atoms with E-state index in [-0.39, 0.29) is 12.0 Å². The Balaban J connectivity index is 2.26. The summed E-state index contributed by atoms with van der Waals surface area (Å²) in [4.78, 5) is 32.3. The molecule has 0 spiro atoms. The van der Waals surface area contributed by atoms with E-state index in [0.717, 1.165) is 11.1 Å². The molecule has 1 amide bonds. The van der Waals surface area contributed by atoms with Gasteiger partial charge in [0.15, 0.2) is 0 Å². The number of carbonyl (C=O) groups is 2. The molecule has 5 heteroatoms. The van der Waals surface area contributed by atoms with E-state index in [1.54, 1.807) is 12.1 Å². The quantitative estimate of drug-likeness (QED) is 0.824. The van der Waals surface area contributed by atoms with Crippen LogP contribution >= 0.6 is 0 Å². The fourth-order valence-electron chi connectivity index (χ4n) is 2.30. The van der Waals surface area contributed by atoms with Gasteiger partial charge in [-0.1, -0.05) is 42.5 Å². The molecular formula is C17H15NO4. The number of amides is 1. The lowest BCUT2D eigenvalue weighted by Gasteiger charge is -2.09. The van der Waals surface area contributed by atoms with Crippen molar-refractivity contribution >= 4 is 11.9 Å². The fraction of sp³-hybridized carbons (Fsp3) is 0.176. The smallest absolute Gasteiger partial charge is 0.335 e. The number of rotatable bonds is 6. The predicted molar refractivity (Wildman–Crippen MR) is 82.6 cm³/mol. The van der Waals surface area contributed by atoms with Crippen molar-refractivity contribution in [2.75, 3.05) is 0 Å². The van der Waals surface area contributed by atoms with E-state index in [2.05, 4.69) is 5.18 Å². The molecule has 0 aromatic heterocycles. The second kappa shape index (κ2) is 7.26. The zero-order valence-electron chi connectivity index (χ0n) is 11.9. The zero-order valence-corrected chi connectivity index (χ0v) is 11.9. The van der Waals surface area contributed by atoms with Crippen LogP contribution in [0.2, 0.25) is 0 Å². The highest BCUT2D eigenvalue weighted by Crippen LogP contribution is 2.23. The molecule has 0 aliphatic heterocycles. The van der Waals surface area contributed by atoms with Gasteiger partial charge in [-0.15, -0.1) is 4.91 Å². The van der Waals surface area contributed by atoms with Crippen LogP contribution in [0.5, 0.6) is 0 Å². The number of carboxylic acids is 1. The van der Waals surface area contributed by atoms with Gasteiger partial charge < -0.3 is 5.11 Å². The van der Waals surface area contributed by atoms with E-state index in [0.29, 0.717) is 18.4 Å². The van der Waals surface area contributed by atoms with Crippen molar-refractivity contribution in [2.24, 2.45) is 5.18 Å². The van der Waals surface area contributed by atoms with Gasteiger partial charge in [0.05, 0.1) is 5.56 Å². The van der Waals surface area contributed by atoms with Gasteiger partial charge in [0.2, 0.25) is 0 Å². The highest BCUT2D eigenvalue weighted by atomic mass is 16.4. The van der Waals surface area contributed by atoms with Gasteiger partial charge in [0, 0.05) is 11.6 Å². The molecule has 0 radical (unpaired) electrons. The summed E-state index contributed by atoms with van der Waals surface area (Å²) in [6.07, 6.45) is 0.824. The topological polar surface area (TPSA) is 83.8 Å². The average Bonchev–Trinajstić information content (AvgIpc) is 2.55. The maximum absolute atomic E-state index is 11.3. The summed E-state index contributed by atoms with van der Waals surface area (Å²) in [5, 5.41) is 11.6. The van der Waals surface area contributed by atoms with Gasteiger partial charge in [-0.3, -0.25) is 4.79 Å². The molecule has 1 N–H and O–H groups in total. The van der Waals surface area contributed by atoms with Gasteiger partial charge in [-0.2, -0.15) is 0 Å². The Morgan fingerprint density at radius 3 is 2.36 bits per heavy atom. The number of hydrogen-bond acceptors (Lipinski definition) is 3. The Kier molecular flexibility index (Phi) is 5.14. The molecule has 0 unspecified atom stereocenters. The molecule has 2 aromatic carbocycles. The molecule has 2 aromatic rings. The Hall–Kier alpha value is -2.82. The standard InChI is InChI=1S/C17H15NO4/c19-16(18-22)8-4-7-14-11-13(9-10-15(14)17(20)21)12-5-2-1-3-6-12/h1-3,5-6,9-11H,4,7-8H2,(H,20,21). The van der Waals surface area contributed by atoms with Crippen LogP contribution in [-0.4, -0.2) is 17.0 Å². The van der Waals surface area contributed by atoms with Crippen LogP contribution in [0, 0.1) is 4.91 Å². The van der Waals surface area contributed by atoms with Crippen LogP contribution < -0.4 is 0 Å². The molecule has 0 atom stereocenters. The van der Waals surface area contributed by atoms with Crippen molar-refractivity contribution in [3.05, 3.63) is 64.6 Å². The van der Waals surface area contributed by atoms with E-state index < -0.39 is 11.9 Å². The van der Waals surface area contributed by atoms with Crippen LogP contribution in [0.3, 0.4) is 0 Å². The number of carboxylic acid groups (broad SMARTS) is 1. The van der Waals surface area contributed by atoms with Crippen LogP contribution in [0.15, 0.2) is 53.7 Å². The monoisotopic (exact) mass is 297 g/mol. The Labute approximate surface area is 127 Å². The lowest BCUT2D eigenvalue weighted by molar-refractivity contribution is -0.118. The lowest BCUT2D eigenvalue weighted by Crippen LogP contribution is -2.04. The summed E-state index contributed by atoms with van der Waals surface area (Å²) in [6.45, 7) is 0. The molecule has 0 aliphatic rings. The highest BCUT2D eigenvalue weighted by Gasteiger charge is 2.12. The number of carbonyl (C=O) groups excluding carboxylic acids is 1. The maximum atomic E-state index is 11.3. The molecule has 0 bridgehead atoms. The first kappa shape index (κ1) is 15.6. The summed E-state index contributed by atoms with van der Waals surface area (Å²) in [5.74, 6) is -1.72. The molecule has 0 saturated carbocycles. The van der Waals surface area contributed by atoms with Crippen molar-refractivity contribution in [3.63, 3.8) is 0 Å². The normalized spacial score (nSPS) is 10.2. The van der Waals surface area contributed by atoms with Gasteiger partial charge in [0.1, 0.15) is 0 Å². The molecule has 112 valence electrons. The largest absolute Gasteiger partial charge is 0.478 e.